The van der Waals surface area contributed by atoms with Crippen LogP contribution in [0.2, 0.25) is 0 Å². The Labute approximate surface area is 301 Å². The second-order valence-corrected chi connectivity index (χ2v) is 12.5. The van der Waals surface area contributed by atoms with Crippen LogP contribution < -0.4 is 25.7 Å². The van der Waals surface area contributed by atoms with E-state index in [0.717, 1.165) is 42.0 Å². The first-order valence-corrected chi connectivity index (χ1v) is 17.1. The van der Waals surface area contributed by atoms with Crippen molar-refractivity contribution in [3.8, 4) is 22.6 Å². The quantitative estimate of drug-likeness (QED) is 0.138. The van der Waals surface area contributed by atoms with Crippen molar-refractivity contribution in [2.45, 2.75) is 32.1 Å². The van der Waals surface area contributed by atoms with Gasteiger partial charge in [-0.2, -0.15) is 13.2 Å². The third kappa shape index (κ3) is 9.36. The van der Waals surface area contributed by atoms with Gasteiger partial charge >= 0.3 is 6.18 Å². The van der Waals surface area contributed by atoms with Crippen molar-refractivity contribution in [3.63, 3.8) is 0 Å². The van der Waals surface area contributed by atoms with Crippen LogP contribution in [0.5, 0.6) is 11.5 Å². The van der Waals surface area contributed by atoms with Gasteiger partial charge in [-0.3, -0.25) is 15.0 Å². The maximum Gasteiger partial charge on any atom is 0.416 e. The molecule has 8 nitrogen and oxygen atoms in total. The number of nitrogens with two attached hydrogens (primary N) is 1. The van der Waals surface area contributed by atoms with Gasteiger partial charge in [0, 0.05) is 51.3 Å². The number of alkyl halides is 3. The lowest BCUT2D eigenvalue weighted by molar-refractivity contribution is -0.137. The van der Waals surface area contributed by atoms with Crippen molar-refractivity contribution in [1.29, 1.82) is 0 Å². The number of anilines is 2. The van der Waals surface area contributed by atoms with Gasteiger partial charge in [-0.25, -0.2) is 5.01 Å². The molecule has 2 amide bonds. The van der Waals surface area contributed by atoms with E-state index < -0.39 is 11.7 Å². The number of nitrogens with one attached hydrogen (secondary N) is 1. The Bertz CT molecular complexity index is 1960. The van der Waals surface area contributed by atoms with Crippen LogP contribution in [0.1, 0.15) is 29.5 Å². The number of hydrazine groups is 1. The minimum Gasteiger partial charge on any atom is -0.455 e. The average molecular weight is 708 g/mol. The standard InChI is InChI=1S/C41H40F3N5O3/c42-41(43,44)34-10-7-9-33(27-34)32-18-16-30(17-19-32)29-49(37-14-4-5-15-38(37)52-36-13-6-8-31(26-36)28-45)40(51)21-20-39(50)46-48-24-22-47(23-25-48)35-11-2-1-3-12-35/h1-19,26-27H,20-25,28-29,45H2,(H,46,50). The molecule has 6 rings (SSSR count). The number of benzene rings is 5. The van der Waals surface area contributed by atoms with Gasteiger partial charge in [0.05, 0.1) is 17.8 Å². The molecule has 5 aromatic carbocycles. The molecule has 0 unspecified atom stereocenters. The number of hydrogen-bond donors (Lipinski definition) is 2. The molecule has 0 bridgehead atoms. The maximum absolute atomic E-state index is 14.0. The first kappa shape index (κ1) is 36.2. The Morgan fingerprint density at radius 2 is 1.44 bits per heavy atom. The largest absolute Gasteiger partial charge is 0.455 e. The Morgan fingerprint density at radius 3 is 2.17 bits per heavy atom. The highest BCUT2D eigenvalue weighted by Gasteiger charge is 2.30. The van der Waals surface area contributed by atoms with E-state index in [4.69, 9.17) is 10.5 Å². The number of rotatable bonds is 12. The summed E-state index contributed by atoms with van der Waals surface area (Å²) in [5.74, 6) is 0.444. The number of nitrogens with zero attached hydrogens (tertiary/aromatic N) is 3. The fraction of sp³-hybridized carbons (Fsp3) is 0.220. The summed E-state index contributed by atoms with van der Waals surface area (Å²) in [7, 11) is 0. The lowest BCUT2D eigenvalue weighted by Crippen LogP contribution is -2.53. The van der Waals surface area contributed by atoms with E-state index in [1.165, 1.54) is 6.07 Å². The summed E-state index contributed by atoms with van der Waals surface area (Å²) in [6.45, 7) is 3.28. The van der Waals surface area contributed by atoms with Gasteiger partial charge in [0.15, 0.2) is 5.75 Å². The molecule has 1 aliphatic heterocycles. The van der Waals surface area contributed by atoms with Gasteiger partial charge < -0.3 is 20.3 Å². The third-order valence-corrected chi connectivity index (χ3v) is 8.89. The van der Waals surface area contributed by atoms with Gasteiger partial charge in [-0.1, -0.05) is 78.9 Å². The molecule has 1 saturated heterocycles. The Balaban J connectivity index is 1.17. The zero-order valence-corrected chi connectivity index (χ0v) is 28.6. The first-order valence-electron chi connectivity index (χ1n) is 17.1. The highest BCUT2D eigenvalue weighted by atomic mass is 19.4. The fourth-order valence-corrected chi connectivity index (χ4v) is 6.10. The molecule has 3 N–H and O–H groups in total. The average Bonchev–Trinajstić information content (AvgIpc) is 3.17. The van der Waals surface area contributed by atoms with Crippen molar-refractivity contribution >= 4 is 23.2 Å². The van der Waals surface area contributed by atoms with Crippen LogP contribution >= 0.6 is 0 Å². The zero-order chi connectivity index (χ0) is 36.5. The lowest BCUT2D eigenvalue weighted by atomic mass is 10.0. The van der Waals surface area contributed by atoms with Gasteiger partial charge in [-0.15, -0.1) is 0 Å². The number of halogens is 3. The van der Waals surface area contributed by atoms with Crippen LogP contribution in [0.4, 0.5) is 24.5 Å². The Morgan fingerprint density at radius 1 is 0.731 bits per heavy atom. The maximum atomic E-state index is 14.0. The normalized spacial score (nSPS) is 13.4. The van der Waals surface area contributed by atoms with Crippen LogP contribution in [0.25, 0.3) is 11.1 Å². The van der Waals surface area contributed by atoms with E-state index in [1.807, 2.05) is 47.5 Å². The van der Waals surface area contributed by atoms with Gasteiger partial charge in [0.25, 0.3) is 0 Å². The van der Waals surface area contributed by atoms with Gasteiger partial charge in [0.2, 0.25) is 11.8 Å². The molecule has 1 fully saturated rings. The minimum absolute atomic E-state index is 0.0235. The Kier molecular flexibility index (Phi) is 11.5. The number of carbonyl (C=O) groups is 2. The highest BCUT2D eigenvalue weighted by molar-refractivity contribution is 5.96. The number of ether oxygens (including phenoxy) is 1. The summed E-state index contributed by atoms with van der Waals surface area (Å²) in [5.41, 5.74) is 12.4. The monoisotopic (exact) mass is 707 g/mol. The molecule has 0 atom stereocenters. The number of piperazine rings is 1. The highest BCUT2D eigenvalue weighted by Crippen LogP contribution is 2.35. The molecule has 0 aliphatic carbocycles. The van der Waals surface area contributed by atoms with E-state index in [9.17, 15) is 22.8 Å². The van der Waals surface area contributed by atoms with Crippen LogP contribution in [0.15, 0.2) is 127 Å². The molecule has 0 spiro atoms. The van der Waals surface area contributed by atoms with Gasteiger partial charge in [-0.05, 0) is 70.8 Å². The van der Waals surface area contributed by atoms with E-state index >= 15 is 0 Å². The summed E-state index contributed by atoms with van der Waals surface area (Å²) in [6.07, 6.45) is -4.54. The van der Waals surface area contributed by atoms with Crippen LogP contribution in [0.3, 0.4) is 0 Å². The second-order valence-electron chi connectivity index (χ2n) is 12.5. The summed E-state index contributed by atoms with van der Waals surface area (Å²) < 4.78 is 46.3. The van der Waals surface area contributed by atoms with Gasteiger partial charge in [0.1, 0.15) is 5.75 Å². The van der Waals surface area contributed by atoms with E-state index in [1.54, 1.807) is 59.5 Å². The van der Waals surface area contributed by atoms with Crippen LogP contribution in [0, 0.1) is 0 Å². The lowest BCUT2D eigenvalue weighted by Gasteiger charge is -2.36. The smallest absolute Gasteiger partial charge is 0.416 e. The first-order chi connectivity index (χ1) is 25.2. The van der Waals surface area contributed by atoms with E-state index in [0.29, 0.717) is 47.9 Å². The third-order valence-electron chi connectivity index (χ3n) is 8.89. The predicted octanol–water partition coefficient (Wildman–Crippen LogP) is 7.79. The van der Waals surface area contributed by atoms with Crippen molar-refractivity contribution < 1.29 is 27.5 Å². The molecule has 268 valence electrons. The Hall–Kier alpha value is -5.65. The van der Waals surface area contributed by atoms with Crippen molar-refractivity contribution in [3.05, 3.63) is 144 Å². The minimum atomic E-state index is -4.45. The molecule has 1 heterocycles. The fourth-order valence-electron chi connectivity index (χ4n) is 6.10. The topological polar surface area (TPSA) is 91.1 Å². The molecular weight excluding hydrogens is 667 g/mol. The molecule has 11 heteroatoms. The van der Waals surface area contributed by atoms with Crippen molar-refractivity contribution in [1.82, 2.24) is 10.4 Å². The van der Waals surface area contributed by atoms with Crippen LogP contribution in [-0.4, -0.2) is 43.0 Å². The second kappa shape index (κ2) is 16.6. The molecule has 0 radical (unpaired) electrons. The molecule has 52 heavy (non-hydrogen) atoms. The molecule has 0 saturated carbocycles. The molecule has 5 aromatic rings. The summed E-state index contributed by atoms with van der Waals surface area (Å²) >= 11 is 0. The molecule has 0 aromatic heterocycles. The zero-order valence-electron chi connectivity index (χ0n) is 28.6. The van der Waals surface area contributed by atoms with E-state index in [2.05, 4.69) is 22.5 Å². The summed E-state index contributed by atoms with van der Waals surface area (Å²) in [6, 6.07) is 36.9. The van der Waals surface area contributed by atoms with Crippen molar-refractivity contribution in [2.24, 2.45) is 5.73 Å². The summed E-state index contributed by atoms with van der Waals surface area (Å²) in [5, 5.41) is 1.88. The predicted molar refractivity (Wildman–Crippen MR) is 197 cm³/mol. The number of amides is 2. The summed E-state index contributed by atoms with van der Waals surface area (Å²) in [4.78, 5) is 30.9. The molecule has 1 aliphatic rings. The van der Waals surface area contributed by atoms with E-state index in [-0.39, 0.29) is 31.2 Å². The number of para-hydroxylation sites is 3. The number of hydrogen-bond acceptors (Lipinski definition) is 6. The van der Waals surface area contributed by atoms with Crippen LogP contribution in [-0.2, 0) is 28.9 Å². The van der Waals surface area contributed by atoms with Crippen molar-refractivity contribution in [2.75, 3.05) is 36.0 Å². The number of carbonyl (C=O) groups excluding carboxylic acids is 2. The molecular formula is C41H40F3N5O3. The SMILES string of the molecule is NCc1cccc(Oc2ccccc2N(Cc2ccc(-c3cccc(C(F)(F)F)c3)cc2)C(=O)CCC(=O)NN2CCN(c3ccccc3)CC2)c1.